The molecule has 0 bridgehead atoms. The van der Waals surface area contributed by atoms with Gasteiger partial charge in [0.1, 0.15) is 6.29 Å². The standard InChI is InChI=1S/C12H13NO2/c1-9(2)10-3-5-11(6-4-10)12(15)13-7-8-14/h3-6,8H,1,7H2,2H3,(H,13,15). The molecule has 1 amide bonds. The second kappa shape index (κ2) is 5.10. The van der Waals surface area contributed by atoms with E-state index in [0.29, 0.717) is 11.8 Å². The molecule has 0 aromatic heterocycles. The topological polar surface area (TPSA) is 46.2 Å². The lowest BCUT2D eigenvalue weighted by Crippen LogP contribution is -2.24. The lowest BCUT2D eigenvalue weighted by atomic mass is 10.1. The highest BCUT2D eigenvalue weighted by Gasteiger charge is 2.03. The third kappa shape index (κ3) is 3.06. The van der Waals surface area contributed by atoms with Crippen LogP contribution in [0.1, 0.15) is 22.8 Å². The van der Waals surface area contributed by atoms with Crippen LogP contribution in [0.2, 0.25) is 0 Å². The van der Waals surface area contributed by atoms with Crippen LogP contribution in [0.3, 0.4) is 0 Å². The fourth-order valence-electron chi connectivity index (χ4n) is 1.14. The quantitative estimate of drug-likeness (QED) is 0.756. The van der Waals surface area contributed by atoms with Crippen molar-refractivity contribution in [3.8, 4) is 0 Å². The number of benzene rings is 1. The fourth-order valence-corrected chi connectivity index (χ4v) is 1.14. The normalized spacial score (nSPS) is 9.40. The number of allylic oxidation sites excluding steroid dienone is 1. The highest BCUT2D eigenvalue weighted by molar-refractivity contribution is 5.95. The van der Waals surface area contributed by atoms with Crippen molar-refractivity contribution in [2.75, 3.05) is 6.54 Å². The first-order valence-corrected chi connectivity index (χ1v) is 4.63. The SMILES string of the molecule is C=C(C)c1ccc(C(=O)NCC=O)cc1. The van der Waals surface area contributed by atoms with Gasteiger partial charge in [-0.15, -0.1) is 0 Å². The maximum atomic E-state index is 11.4. The van der Waals surface area contributed by atoms with Gasteiger partial charge in [-0.2, -0.15) is 0 Å². The Hall–Kier alpha value is -1.90. The number of hydrogen-bond acceptors (Lipinski definition) is 2. The average Bonchev–Trinajstić information content (AvgIpc) is 2.26. The smallest absolute Gasteiger partial charge is 0.251 e. The average molecular weight is 203 g/mol. The molecule has 1 rings (SSSR count). The molecular weight excluding hydrogens is 190 g/mol. The van der Waals surface area contributed by atoms with Gasteiger partial charge in [0.05, 0.1) is 6.54 Å². The van der Waals surface area contributed by atoms with E-state index in [1.54, 1.807) is 12.1 Å². The molecule has 3 heteroatoms. The van der Waals surface area contributed by atoms with Crippen LogP contribution >= 0.6 is 0 Å². The predicted octanol–water partition coefficient (Wildman–Crippen LogP) is 1.65. The van der Waals surface area contributed by atoms with Crippen LogP contribution < -0.4 is 5.32 Å². The van der Waals surface area contributed by atoms with Crippen LogP contribution in [0.4, 0.5) is 0 Å². The summed E-state index contributed by atoms with van der Waals surface area (Å²) in [4.78, 5) is 21.5. The zero-order chi connectivity index (χ0) is 11.3. The largest absolute Gasteiger partial charge is 0.345 e. The van der Waals surface area contributed by atoms with Crippen LogP contribution in [0.25, 0.3) is 5.57 Å². The molecule has 0 radical (unpaired) electrons. The van der Waals surface area contributed by atoms with E-state index in [1.165, 1.54) is 0 Å². The third-order valence-corrected chi connectivity index (χ3v) is 1.99. The first kappa shape index (κ1) is 11.2. The molecule has 0 aliphatic carbocycles. The second-order valence-corrected chi connectivity index (χ2v) is 3.23. The van der Waals surface area contributed by atoms with E-state index in [2.05, 4.69) is 11.9 Å². The molecule has 0 atom stereocenters. The molecule has 0 saturated carbocycles. The number of carbonyl (C=O) groups is 2. The van der Waals surface area contributed by atoms with E-state index in [0.717, 1.165) is 11.1 Å². The number of rotatable bonds is 4. The van der Waals surface area contributed by atoms with Gasteiger partial charge < -0.3 is 10.1 Å². The Morgan fingerprint density at radius 1 is 1.33 bits per heavy atom. The minimum absolute atomic E-state index is 0.0427. The van der Waals surface area contributed by atoms with E-state index in [-0.39, 0.29) is 12.5 Å². The molecule has 1 aromatic rings. The minimum atomic E-state index is -0.240. The van der Waals surface area contributed by atoms with Gasteiger partial charge in [-0.1, -0.05) is 24.3 Å². The molecule has 0 aliphatic heterocycles. The van der Waals surface area contributed by atoms with Crippen LogP contribution in [0.15, 0.2) is 30.8 Å². The molecule has 15 heavy (non-hydrogen) atoms. The molecule has 78 valence electrons. The van der Waals surface area contributed by atoms with E-state index in [9.17, 15) is 9.59 Å². The first-order valence-electron chi connectivity index (χ1n) is 4.63. The summed E-state index contributed by atoms with van der Waals surface area (Å²) in [5.74, 6) is -0.240. The van der Waals surface area contributed by atoms with Gasteiger partial charge in [-0.3, -0.25) is 4.79 Å². The maximum absolute atomic E-state index is 11.4. The lowest BCUT2D eigenvalue weighted by Gasteiger charge is -2.03. The van der Waals surface area contributed by atoms with Crippen LogP contribution in [-0.4, -0.2) is 18.7 Å². The summed E-state index contributed by atoms with van der Waals surface area (Å²) < 4.78 is 0. The molecular formula is C12H13NO2. The molecule has 0 fully saturated rings. The molecule has 0 aliphatic rings. The summed E-state index contributed by atoms with van der Waals surface area (Å²) in [5.41, 5.74) is 2.50. The molecule has 3 nitrogen and oxygen atoms in total. The first-order chi connectivity index (χ1) is 7.15. The lowest BCUT2D eigenvalue weighted by molar-refractivity contribution is -0.107. The third-order valence-electron chi connectivity index (χ3n) is 1.99. The Balaban J connectivity index is 2.75. The van der Waals surface area contributed by atoms with E-state index in [4.69, 9.17) is 0 Å². The highest BCUT2D eigenvalue weighted by Crippen LogP contribution is 2.12. The molecule has 0 unspecified atom stereocenters. The van der Waals surface area contributed by atoms with Crippen molar-refractivity contribution in [3.05, 3.63) is 42.0 Å². The van der Waals surface area contributed by atoms with E-state index < -0.39 is 0 Å². The van der Waals surface area contributed by atoms with Crippen molar-refractivity contribution in [3.63, 3.8) is 0 Å². The van der Waals surface area contributed by atoms with Crippen LogP contribution in [0.5, 0.6) is 0 Å². The Bertz CT molecular complexity index is 379. The Morgan fingerprint density at radius 3 is 2.33 bits per heavy atom. The van der Waals surface area contributed by atoms with Gasteiger partial charge in [0.25, 0.3) is 5.91 Å². The molecule has 0 heterocycles. The summed E-state index contributed by atoms with van der Waals surface area (Å²) >= 11 is 0. The van der Waals surface area contributed by atoms with Crippen molar-refractivity contribution in [2.24, 2.45) is 0 Å². The molecule has 1 aromatic carbocycles. The Labute approximate surface area is 88.8 Å². The second-order valence-electron chi connectivity index (χ2n) is 3.23. The van der Waals surface area contributed by atoms with Gasteiger partial charge in [-0.25, -0.2) is 0 Å². The van der Waals surface area contributed by atoms with Crippen molar-refractivity contribution in [1.82, 2.24) is 5.32 Å². The van der Waals surface area contributed by atoms with Gasteiger partial charge in [0.15, 0.2) is 0 Å². The Morgan fingerprint density at radius 2 is 1.87 bits per heavy atom. The molecule has 1 N–H and O–H groups in total. The van der Waals surface area contributed by atoms with E-state index in [1.807, 2.05) is 19.1 Å². The van der Waals surface area contributed by atoms with Crippen molar-refractivity contribution >= 4 is 17.8 Å². The molecule has 0 spiro atoms. The number of aldehydes is 1. The van der Waals surface area contributed by atoms with Gasteiger partial charge in [-0.05, 0) is 24.6 Å². The maximum Gasteiger partial charge on any atom is 0.251 e. The zero-order valence-corrected chi connectivity index (χ0v) is 8.62. The fraction of sp³-hybridized carbons (Fsp3) is 0.167. The summed E-state index contributed by atoms with van der Waals surface area (Å²) in [6.45, 7) is 5.75. The monoisotopic (exact) mass is 203 g/mol. The van der Waals surface area contributed by atoms with Gasteiger partial charge >= 0.3 is 0 Å². The van der Waals surface area contributed by atoms with Gasteiger partial charge in [0.2, 0.25) is 0 Å². The number of nitrogens with one attached hydrogen (secondary N) is 1. The minimum Gasteiger partial charge on any atom is -0.345 e. The van der Waals surface area contributed by atoms with Crippen molar-refractivity contribution < 1.29 is 9.59 Å². The van der Waals surface area contributed by atoms with Crippen molar-refractivity contribution in [2.45, 2.75) is 6.92 Å². The summed E-state index contributed by atoms with van der Waals surface area (Å²) in [5, 5.41) is 2.47. The predicted molar refractivity (Wildman–Crippen MR) is 59.5 cm³/mol. The van der Waals surface area contributed by atoms with Crippen molar-refractivity contribution in [1.29, 1.82) is 0 Å². The van der Waals surface area contributed by atoms with Crippen LogP contribution in [-0.2, 0) is 4.79 Å². The Kier molecular flexibility index (Phi) is 3.80. The number of hydrogen-bond donors (Lipinski definition) is 1. The summed E-state index contributed by atoms with van der Waals surface area (Å²) in [7, 11) is 0. The number of amides is 1. The zero-order valence-electron chi connectivity index (χ0n) is 8.62. The van der Waals surface area contributed by atoms with E-state index >= 15 is 0 Å². The molecule has 0 saturated heterocycles. The van der Waals surface area contributed by atoms with Crippen LogP contribution in [0, 0.1) is 0 Å². The summed E-state index contributed by atoms with van der Waals surface area (Å²) in [6.07, 6.45) is 0.653. The number of carbonyl (C=O) groups excluding carboxylic acids is 2. The highest BCUT2D eigenvalue weighted by atomic mass is 16.2. The summed E-state index contributed by atoms with van der Waals surface area (Å²) in [6, 6.07) is 7.09. The van der Waals surface area contributed by atoms with Gasteiger partial charge in [0, 0.05) is 5.56 Å².